The van der Waals surface area contributed by atoms with Crippen LogP contribution in [0.4, 0.5) is 5.95 Å². The first-order valence-corrected chi connectivity index (χ1v) is 4.25. The summed E-state index contributed by atoms with van der Waals surface area (Å²) in [7, 11) is 0. The summed E-state index contributed by atoms with van der Waals surface area (Å²) in [5.74, 6) is 0.460. The predicted molar refractivity (Wildman–Crippen MR) is 54.3 cm³/mol. The quantitative estimate of drug-likeness (QED) is 0.603. The molecule has 0 amide bonds. The summed E-state index contributed by atoms with van der Waals surface area (Å²) in [5.41, 5.74) is 4.22. The Morgan fingerprint density at radius 1 is 1.43 bits per heavy atom. The Balaban J connectivity index is 2.97. The Bertz CT molecular complexity index is 321. The number of hydrogen-bond acceptors (Lipinski definition) is 4. The third kappa shape index (κ3) is 2.00. The van der Waals surface area contributed by atoms with Gasteiger partial charge in [-0.15, -0.1) is 18.3 Å². The number of hydrogen-bond donors (Lipinski definition) is 3. The molecule has 14 heavy (non-hydrogen) atoms. The second kappa shape index (κ2) is 4.06. The summed E-state index contributed by atoms with van der Waals surface area (Å²) in [4.78, 5) is 3.89. The number of nitrogen functional groups attached to an aromatic ring is 1. The molecule has 0 aromatic carbocycles. The molecule has 1 aromatic rings. The number of aromatic nitrogens is 3. The van der Waals surface area contributed by atoms with Gasteiger partial charge in [-0.3, -0.25) is 5.10 Å². The van der Waals surface area contributed by atoms with E-state index < -0.39 is 5.60 Å². The second-order valence-electron chi connectivity index (χ2n) is 3.06. The van der Waals surface area contributed by atoms with E-state index in [0.717, 1.165) is 0 Å². The Morgan fingerprint density at radius 2 is 2.00 bits per heavy atom. The van der Waals surface area contributed by atoms with Crippen molar-refractivity contribution in [1.82, 2.24) is 15.2 Å². The first-order chi connectivity index (χ1) is 6.62. The predicted octanol–water partition coefficient (Wildman–Crippen LogP) is 0.727. The number of nitrogens with zero attached hydrogens (tertiary/aromatic N) is 2. The molecule has 4 N–H and O–H groups in total. The largest absolute Gasteiger partial charge is 0.381 e. The lowest BCUT2D eigenvalue weighted by molar-refractivity contribution is 0.0340. The van der Waals surface area contributed by atoms with Crippen LogP contribution in [0.15, 0.2) is 25.3 Å². The van der Waals surface area contributed by atoms with Gasteiger partial charge in [0.1, 0.15) is 5.60 Å². The Kier molecular flexibility index (Phi) is 3.03. The van der Waals surface area contributed by atoms with Crippen LogP contribution in [0, 0.1) is 0 Å². The molecule has 5 heteroatoms. The number of rotatable bonds is 5. The number of aliphatic hydroxyl groups is 1. The van der Waals surface area contributed by atoms with Crippen LogP contribution in [-0.4, -0.2) is 20.3 Å². The van der Waals surface area contributed by atoms with Gasteiger partial charge < -0.3 is 10.8 Å². The van der Waals surface area contributed by atoms with Crippen LogP contribution >= 0.6 is 0 Å². The van der Waals surface area contributed by atoms with Gasteiger partial charge in [-0.1, -0.05) is 12.2 Å². The number of nitrogens with two attached hydrogens (primary N) is 1. The molecule has 0 spiro atoms. The molecule has 0 fully saturated rings. The van der Waals surface area contributed by atoms with Gasteiger partial charge in [0.05, 0.1) is 0 Å². The van der Waals surface area contributed by atoms with Crippen LogP contribution in [0.3, 0.4) is 0 Å². The fourth-order valence-corrected chi connectivity index (χ4v) is 1.24. The lowest BCUT2D eigenvalue weighted by Gasteiger charge is -2.22. The van der Waals surface area contributed by atoms with Crippen LogP contribution in [0.25, 0.3) is 0 Å². The van der Waals surface area contributed by atoms with Crippen LogP contribution in [0.5, 0.6) is 0 Å². The van der Waals surface area contributed by atoms with E-state index in [0.29, 0.717) is 18.7 Å². The minimum atomic E-state index is -1.13. The number of anilines is 1. The minimum Gasteiger partial charge on any atom is -0.381 e. The van der Waals surface area contributed by atoms with E-state index in [1.165, 1.54) is 0 Å². The normalized spacial score (nSPS) is 11.2. The molecule has 0 bridgehead atoms. The molecule has 1 heterocycles. The first-order valence-electron chi connectivity index (χ1n) is 4.25. The average Bonchev–Trinajstić information content (AvgIpc) is 2.53. The highest BCUT2D eigenvalue weighted by atomic mass is 16.3. The molecular weight excluding hydrogens is 180 g/mol. The van der Waals surface area contributed by atoms with Crippen molar-refractivity contribution in [2.24, 2.45) is 0 Å². The molecule has 0 atom stereocenters. The van der Waals surface area contributed by atoms with Crippen molar-refractivity contribution in [3.8, 4) is 0 Å². The van der Waals surface area contributed by atoms with Crippen molar-refractivity contribution < 1.29 is 5.11 Å². The van der Waals surface area contributed by atoms with Crippen molar-refractivity contribution in [3.05, 3.63) is 31.1 Å². The topological polar surface area (TPSA) is 87.8 Å². The lowest BCUT2D eigenvalue weighted by atomic mass is 9.95. The van der Waals surface area contributed by atoms with Gasteiger partial charge in [-0.2, -0.15) is 4.98 Å². The van der Waals surface area contributed by atoms with Gasteiger partial charge >= 0.3 is 0 Å². The third-order valence-electron chi connectivity index (χ3n) is 1.91. The smallest absolute Gasteiger partial charge is 0.239 e. The molecule has 0 radical (unpaired) electrons. The van der Waals surface area contributed by atoms with Gasteiger partial charge in [0, 0.05) is 12.8 Å². The zero-order valence-corrected chi connectivity index (χ0v) is 7.90. The Morgan fingerprint density at radius 3 is 2.36 bits per heavy atom. The summed E-state index contributed by atoms with van der Waals surface area (Å²) < 4.78 is 0. The molecule has 5 nitrogen and oxygen atoms in total. The fourth-order valence-electron chi connectivity index (χ4n) is 1.24. The molecule has 0 aliphatic heterocycles. The summed E-state index contributed by atoms with van der Waals surface area (Å²) in [5, 5.41) is 16.4. The van der Waals surface area contributed by atoms with Gasteiger partial charge in [0.25, 0.3) is 0 Å². The monoisotopic (exact) mass is 194 g/mol. The van der Waals surface area contributed by atoms with Crippen molar-refractivity contribution in [3.63, 3.8) is 0 Å². The maximum absolute atomic E-state index is 10.2. The zero-order chi connectivity index (χ0) is 10.6. The number of H-pyrrole nitrogens is 1. The molecule has 0 saturated heterocycles. The van der Waals surface area contributed by atoms with Crippen LogP contribution < -0.4 is 5.73 Å². The van der Waals surface area contributed by atoms with Gasteiger partial charge in [0.2, 0.25) is 5.95 Å². The molecule has 1 aromatic heterocycles. The molecule has 0 aliphatic rings. The van der Waals surface area contributed by atoms with E-state index in [1.54, 1.807) is 12.2 Å². The maximum Gasteiger partial charge on any atom is 0.239 e. The Labute approximate surface area is 82.4 Å². The lowest BCUT2D eigenvalue weighted by Crippen LogP contribution is -2.26. The van der Waals surface area contributed by atoms with E-state index in [1.807, 2.05) is 0 Å². The van der Waals surface area contributed by atoms with Crippen LogP contribution in [-0.2, 0) is 5.60 Å². The van der Waals surface area contributed by atoms with E-state index in [2.05, 4.69) is 28.3 Å². The number of aromatic amines is 1. The van der Waals surface area contributed by atoms with E-state index in [-0.39, 0.29) is 5.95 Å². The number of nitrogens with one attached hydrogen (secondary N) is 1. The zero-order valence-electron chi connectivity index (χ0n) is 7.90. The second-order valence-corrected chi connectivity index (χ2v) is 3.06. The van der Waals surface area contributed by atoms with Gasteiger partial charge in [-0.05, 0) is 0 Å². The summed E-state index contributed by atoms with van der Waals surface area (Å²) in [6.07, 6.45) is 3.96. The third-order valence-corrected chi connectivity index (χ3v) is 1.91. The molecular formula is C9H14N4O. The van der Waals surface area contributed by atoms with Crippen molar-refractivity contribution in [2.45, 2.75) is 18.4 Å². The van der Waals surface area contributed by atoms with Crippen LogP contribution in [0.2, 0.25) is 0 Å². The van der Waals surface area contributed by atoms with E-state index >= 15 is 0 Å². The molecule has 76 valence electrons. The maximum atomic E-state index is 10.2. The highest BCUT2D eigenvalue weighted by Gasteiger charge is 2.30. The van der Waals surface area contributed by atoms with Gasteiger partial charge in [-0.25, -0.2) is 0 Å². The highest BCUT2D eigenvalue weighted by Crippen LogP contribution is 2.26. The van der Waals surface area contributed by atoms with Crippen molar-refractivity contribution in [1.29, 1.82) is 0 Å². The summed E-state index contributed by atoms with van der Waals surface area (Å²) in [6.45, 7) is 7.15. The molecule has 0 saturated carbocycles. The first kappa shape index (κ1) is 10.5. The van der Waals surface area contributed by atoms with E-state index in [9.17, 15) is 5.11 Å². The Hall–Kier alpha value is -1.62. The highest BCUT2D eigenvalue weighted by molar-refractivity contribution is 5.17. The van der Waals surface area contributed by atoms with Gasteiger partial charge in [0.15, 0.2) is 5.82 Å². The van der Waals surface area contributed by atoms with Crippen molar-refractivity contribution in [2.75, 3.05) is 5.73 Å². The molecule has 0 unspecified atom stereocenters. The molecule has 0 aliphatic carbocycles. The SMILES string of the molecule is C=CCC(O)(CC=C)c1nc(N)n[nH]1. The average molecular weight is 194 g/mol. The van der Waals surface area contributed by atoms with E-state index in [4.69, 9.17) is 5.73 Å². The minimum absolute atomic E-state index is 0.117. The standard InChI is InChI=1S/C9H14N4O/c1-3-5-9(14,6-4-2)7-11-8(10)13-12-7/h3-4,14H,1-2,5-6H2,(H3,10,11,12,13). The summed E-state index contributed by atoms with van der Waals surface area (Å²) in [6, 6.07) is 0. The van der Waals surface area contributed by atoms with Crippen molar-refractivity contribution >= 4 is 5.95 Å². The molecule has 1 rings (SSSR count). The van der Waals surface area contributed by atoms with Crippen LogP contribution in [0.1, 0.15) is 18.7 Å². The fraction of sp³-hybridized carbons (Fsp3) is 0.333. The summed E-state index contributed by atoms with van der Waals surface area (Å²) >= 11 is 0.